The number of ether oxygens (including phenoxy) is 2. The molecule has 2 heterocycles. The number of fused-ring (bicyclic) bond motifs is 1. The Balaban J connectivity index is 1.44. The lowest BCUT2D eigenvalue weighted by atomic mass is 9.95. The van der Waals surface area contributed by atoms with Crippen molar-refractivity contribution in [1.82, 2.24) is 9.88 Å². The molecule has 2 aliphatic rings. The van der Waals surface area contributed by atoms with E-state index in [-0.39, 0.29) is 5.57 Å². The molecule has 33 heavy (non-hydrogen) atoms. The van der Waals surface area contributed by atoms with Crippen LogP contribution in [0.25, 0.3) is 16.7 Å². The maximum atomic E-state index is 11.5. The van der Waals surface area contributed by atoms with Gasteiger partial charge in [0.25, 0.3) is 0 Å². The predicted octanol–water partition coefficient (Wildman–Crippen LogP) is 2.88. The van der Waals surface area contributed by atoms with E-state index in [1.54, 1.807) is 7.11 Å². The normalized spacial score (nSPS) is 18.5. The van der Waals surface area contributed by atoms with Crippen molar-refractivity contribution in [1.29, 1.82) is 0 Å². The number of carboxylic acids is 2. The molecule has 1 atom stereocenters. The lowest BCUT2D eigenvalue weighted by Crippen LogP contribution is -2.44. The van der Waals surface area contributed by atoms with Gasteiger partial charge in [0.2, 0.25) is 5.88 Å². The number of benzene rings is 1. The number of carboxylic acid groups (broad SMARTS) is 2. The molecule has 0 bridgehead atoms. The van der Waals surface area contributed by atoms with Crippen LogP contribution in [0.1, 0.15) is 17.5 Å². The van der Waals surface area contributed by atoms with E-state index in [4.69, 9.17) is 14.6 Å². The molecule has 8 heteroatoms. The molecule has 8 nitrogen and oxygen atoms in total. The molecule has 1 aromatic heterocycles. The van der Waals surface area contributed by atoms with E-state index < -0.39 is 18.0 Å². The highest BCUT2D eigenvalue weighted by atomic mass is 16.5. The fraction of sp³-hybridized carbons (Fsp3) is 0.320. The van der Waals surface area contributed by atoms with Gasteiger partial charge in [0, 0.05) is 43.5 Å². The van der Waals surface area contributed by atoms with Gasteiger partial charge in [0.1, 0.15) is 6.10 Å². The number of morpholine rings is 1. The molecular weight excluding hydrogens is 424 g/mol. The molecule has 0 amide bonds. The first-order valence-corrected chi connectivity index (χ1v) is 10.8. The summed E-state index contributed by atoms with van der Waals surface area (Å²) in [5.74, 6) is -1.97. The number of methoxy groups -OCH3 is 1. The van der Waals surface area contributed by atoms with Crippen LogP contribution < -0.4 is 4.74 Å². The lowest BCUT2D eigenvalue weighted by molar-refractivity contribution is -0.137. The number of hydrogen-bond donors (Lipinski definition) is 2. The Morgan fingerprint density at radius 1 is 1.24 bits per heavy atom. The van der Waals surface area contributed by atoms with E-state index in [0.29, 0.717) is 25.6 Å². The summed E-state index contributed by atoms with van der Waals surface area (Å²) in [5, 5.41) is 18.3. The first kappa shape index (κ1) is 22.7. The summed E-state index contributed by atoms with van der Waals surface area (Å²) in [6.45, 7) is 2.12. The van der Waals surface area contributed by atoms with Gasteiger partial charge < -0.3 is 19.7 Å². The molecule has 0 radical (unpaired) electrons. The molecule has 1 unspecified atom stereocenters. The second-order valence-electron chi connectivity index (χ2n) is 8.01. The lowest BCUT2D eigenvalue weighted by Gasteiger charge is -2.33. The summed E-state index contributed by atoms with van der Waals surface area (Å²) in [6.07, 6.45) is 5.70. The molecule has 1 aliphatic heterocycles. The Morgan fingerprint density at radius 2 is 2.06 bits per heavy atom. The Morgan fingerprint density at radius 3 is 2.76 bits per heavy atom. The Bertz CT molecular complexity index is 1110. The molecule has 1 aromatic carbocycles. The Kier molecular flexibility index (Phi) is 6.86. The van der Waals surface area contributed by atoms with E-state index in [2.05, 4.69) is 34.2 Å². The molecule has 1 fully saturated rings. The van der Waals surface area contributed by atoms with Gasteiger partial charge in [-0.25, -0.2) is 14.6 Å². The molecule has 1 aliphatic carbocycles. The van der Waals surface area contributed by atoms with Crippen LogP contribution in [0.4, 0.5) is 0 Å². The van der Waals surface area contributed by atoms with Gasteiger partial charge in [0.15, 0.2) is 0 Å². The van der Waals surface area contributed by atoms with Gasteiger partial charge in [-0.3, -0.25) is 4.90 Å². The first-order valence-electron chi connectivity index (χ1n) is 10.8. The SMILES string of the molecule is COc1ccc(-c2cccc3c2CC=C3CCN2CCOC(C(=CC(=O)O)C(=O)O)C2)cn1. The van der Waals surface area contributed by atoms with Crippen molar-refractivity contribution in [3.63, 3.8) is 0 Å². The van der Waals surface area contributed by atoms with Crippen LogP contribution in [0.2, 0.25) is 0 Å². The van der Waals surface area contributed by atoms with E-state index >= 15 is 0 Å². The summed E-state index contributed by atoms with van der Waals surface area (Å²) in [4.78, 5) is 28.9. The molecule has 1 saturated heterocycles. The number of allylic oxidation sites excluding steroid dienone is 1. The van der Waals surface area contributed by atoms with Crippen LogP contribution in [0, 0.1) is 0 Å². The van der Waals surface area contributed by atoms with Crippen LogP contribution in [-0.2, 0) is 20.7 Å². The van der Waals surface area contributed by atoms with Crippen molar-refractivity contribution in [3.8, 4) is 17.0 Å². The number of carbonyl (C=O) groups is 2. The summed E-state index contributed by atoms with van der Waals surface area (Å²) in [5.41, 5.74) is 5.74. The average molecular weight is 450 g/mol. The summed E-state index contributed by atoms with van der Waals surface area (Å²) < 4.78 is 10.7. The van der Waals surface area contributed by atoms with Crippen molar-refractivity contribution in [2.75, 3.05) is 33.4 Å². The van der Waals surface area contributed by atoms with Crippen LogP contribution in [0.5, 0.6) is 5.88 Å². The number of nitrogens with zero attached hydrogens (tertiary/aromatic N) is 2. The maximum Gasteiger partial charge on any atom is 0.334 e. The minimum Gasteiger partial charge on any atom is -0.481 e. The summed E-state index contributed by atoms with van der Waals surface area (Å²) in [7, 11) is 1.60. The standard InChI is InChI=1S/C25H26N2O6/c1-32-23-8-6-17(14-26-23)19-4-2-3-18-16(5-7-20(18)19)9-10-27-11-12-33-22(15-27)21(25(30)31)13-24(28)29/h2-6,8,13-14,22H,7,9-12,15H2,1H3,(H,28,29)(H,30,31). The van der Waals surface area contributed by atoms with E-state index in [1.807, 2.05) is 18.3 Å². The zero-order valence-electron chi connectivity index (χ0n) is 18.4. The molecule has 2 N–H and O–H groups in total. The fourth-order valence-corrected chi connectivity index (χ4v) is 4.41. The molecule has 4 rings (SSSR count). The largest absolute Gasteiger partial charge is 0.481 e. The van der Waals surface area contributed by atoms with Gasteiger partial charge in [-0.05, 0) is 41.2 Å². The molecule has 0 spiro atoms. The van der Waals surface area contributed by atoms with E-state index in [9.17, 15) is 14.7 Å². The summed E-state index contributed by atoms with van der Waals surface area (Å²) >= 11 is 0. The second-order valence-corrected chi connectivity index (χ2v) is 8.01. The van der Waals surface area contributed by atoms with Gasteiger partial charge in [-0.2, -0.15) is 0 Å². The van der Waals surface area contributed by atoms with Gasteiger partial charge in [0.05, 0.1) is 19.3 Å². The third-order valence-electron chi connectivity index (χ3n) is 6.05. The van der Waals surface area contributed by atoms with Crippen molar-refractivity contribution >= 4 is 17.5 Å². The topological polar surface area (TPSA) is 109 Å². The van der Waals surface area contributed by atoms with E-state index in [0.717, 1.165) is 36.6 Å². The fourth-order valence-electron chi connectivity index (χ4n) is 4.41. The zero-order chi connectivity index (χ0) is 23.4. The minimum absolute atomic E-state index is 0.227. The van der Waals surface area contributed by atoms with Gasteiger partial charge in [-0.1, -0.05) is 24.3 Å². The average Bonchev–Trinajstić information content (AvgIpc) is 3.24. The number of aromatic nitrogens is 1. The van der Waals surface area contributed by atoms with Gasteiger partial charge in [-0.15, -0.1) is 0 Å². The third-order valence-corrected chi connectivity index (χ3v) is 6.05. The monoisotopic (exact) mass is 450 g/mol. The smallest absolute Gasteiger partial charge is 0.334 e. The van der Waals surface area contributed by atoms with Crippen LogP contribution >= 0.6 is 0 Å². The summed E-state index contributed by atoms with van der Waals surface area (Å²) in [6, 6.07) is 10.2. The quantitative estimate of drug-likeness (QED) is 0.591. The highest BCUT2D eigenvalue weighted by Crippen LogP contribution is 2.36. The van der Waals surface area contributed by atoms with E-state index in [1.165, 1.54) is 16.7 Å². The highest BCUT2D eigenvalue weighted by Gasteiger charge is 2.29. The number of aliphatic carboxylic acids is 2. The molecule has 2 aromatic rings. The zero-order valence-corrected chi connectivity index (χ0v) is 18.4. The van der Waals surface area contributed by atoms with Crippen LogP contribution in [-0.4, -0.2) is 71.5 Å². The first-order chi connectivity index (χ1) is 16.0. The van der Waals surface area contributed by atoms with Crippen molar-refractivity contribution in [3.05, 3.63) is 65.4 Å². The van der Waals surface area contributed by atoms with Gasteiger partial charge >= 0.3 is 11.9 Å². The second kappa shape index (κ2) is 9.97. The van der Waals surface area contributed by atoms with Crippen molar-refractivity contribution in [2.24, 2.45) is 0 Å². The Labute approximate surface area is 191 Å². The number of hydrogen-bond acceptors (Lipinski definition) is 6. The number of rotatable bonds is 8. The van der Waals surface area contributed by atoms with Crippen LogP contribution in [0.15, 0.2) is 54.3 Å². The third kappa shape index (κ3) is 5.13. The molecular formula is C25H26N2O6. The van der Waals surface area contributed by atoms with Crippen molar-refractivity contribution in [2.45, 2.75) is 18.9 Å². The van der Waals surface area contributed by atoms with Crippen LogP contribution in [0.3, 0.4) is 0 Å². The molecule has 172 valence electrons. The number of pyridine rings is 1. The Hall–Kier alpha value is -3.49. The predicted molar refractivity (Wildman–Crippen MR) is 122 cm³/mol. The highest BCUT2D eigenvalue weighted by molar-refractivity contribution is 5.95. The minimum atomic E-state index is -1.29. The maximum absolute atomic E-state index is 11.5. The molecule has 0 saturated carbocycles. The van der Waals surface area contributed by atoms with Crippen molar-refractivity contribution < 1.29 is 29.3 Å².